The van der Waals surface area contributed by atoms with E-state index in [1.54, 1.807) is 19.3 Å². The van der Waals surface area contributed by atoms with Gasteiger partial charge in [-0.05, 0) is 86.9 Å². The maximum absolute atomic E-state index is 17.3. The van der Waals surface area contributed by atoms with Gasteiger partial charge in [-0.25, -0.2) is 8.78 Å². The largest absolute Gasteiger partial charge is 0.390 e. The van der Waals surface area contributed by atoms with E-state index in [-0.39, 0.29) is 35.2 Å². The van der Waals surface area contributed by atoms with Crippen molar-refractivity contribution >= 4 is 0 Å². The number of hydrogen-bond donors (Lipinski definition) is 3. The maximum atomic E-state index is 17.3. The van der Waals surface area contributed by atoms with Gasteiger partial charge in [0, 0.05) is 24.4 Å². The van der Waals surface area contributed by atoms with Gasteiger partial charge < -0.3 is 14.9 Å². The molecular weight excluding hydrogens is 472 g/mol. The number of aryl methyl sites for hydroxylation is 1. The predicted molar refractivity (Wildman–Crippen MR) is 141 cm³/mol. The zero-order valence-electron chi connectivity index (χ0n) is 22.6. The second-order valence-electron chi connectivity index (χ2n) is 12.6. The van der Waals surface area contributed by atoms with Crippen molar-refractivity contribution in [3.8, 4) is 0 Å². The van der Waals surface area contributed by atoms with E-state index in [0.29, 0.717) is 18.8 Å². The molecule has 5 rings (SSSR count). The van der Waals surface area contributed by atoms with Gasteiger partial charge in [-0.15, -0.1) is 0 Å². The summed E-state index contributed by atoms with van der Waals surface area (Å²) in [7, 11) is 1.73. The smallest absolute Gasteiger partial charge is 0.152 e. The minimum atomic E-state index is -1.75. The number of fused-ring (bicyclic) bond motifs is 5. The van der Waals surface area contributed by atoms with Gasteiger partial charge in [-0.2, -0.15) is 0 Å². The number of nitrogens with one attached hydrogen (secondary N) is 1. The molecule has 1 aromatic rings. The number of alkyl halides is 1. The summed E-state index contributed by atoms with van der Waals surface area (Å²) in [5.41, 5.74) is -0.867. The fourth-order valence-electron chi connectivity index (χ4n) is 8.92. The van der Waals surface area contributed by atoms with Crippen LogP contribution in [-0.2, 0) is 11.2 Å². The van der Waals surface area contributed by atoms with Crippen molar-refractivity contribution in [3.63, 3.8) is 0 Å². The number of hydrogen-bond acceptors (Lipinski definition) is 4. The number of benzene rings is 1. The summed E-state index contributed by atoms with van der Waals surface area (Å²) in [4.78, 5) is 0. The van der Waals surface area contributed by atoms with E-state index >= 15 is 4.39 Å². The molecule has 4 aliphatic carbocycles. The molecule has 0 radical (unpaired) electrons. The summed E-state index contributed by atoms with van der Waals surface area (Å²) in [5.74, 6) is 0.168. The monoisotopic (exact) mass is 515 g/mol. The fourth-order valence-corrected chi connectivity index (χ4v) is 8.92. The lowest BCUT2D eigenvalue weighted by molar-refractivity contribution is -0.202. The van der Waals surface area contributed by atoms with Crippen LogP contribution in [0.15, 0.2) is 48.1 Å². The van der Waals surface area contributed by atoms with Gasteiger partial charge >= 0.3 is 0 Å². The van der Waals surface area contributed by atoms with Crippen molar-refractivity contribution in [2.75, 3.05) is 13.7 Å². The molecule has 0 saturated heterocycles. The highest BCUT2D eigenvalue weighted by Crippen LogP contribution is 2.70. The Morgan fingerprint density at radius 2 is 1.89 bits per heavy atom. The summed E-state index contributed by atoms with van der Waals surface area (Å²) in [6, 6.07) is 6.65. The first-order valence-electron chi connectivity index (χ1n) is 14.0. The summed E-state index contributed by atoms with van der Waals surface area (Å²) >= 11 is 0. The molecule has 10 atom stereocenters. The lowest BCUT2D eigenvalue weighted by Gasteiger charge is -2.62. The van der Waals surface area contributed by atoms with Crippen LogP contribution in [0, 0.1) is 40.3 Å². The third kappa shape index (κ3) is 4.23. The zero-order valence-corrected chi connectivity index (χ0v) is 22.6. The Labute approximate surface area is 220 Å². The molecule has 0 heterocycles. The maximum Gasteiger partial charge on any atom is 0.152 e. The second kappa shape index (κ2) is 9.86. The Hall–Kier alpha value is -1.60. The van der Waals surface area contributed by atoms with Crippen LogP contribution in [0.5, 0.6) is 0 Å². The van der Waals surface area contributed by atoms with Gasteiger partial charge in [0.2, 0.25) is 0 Å². The van der Waals surface area contributed by atoms with E-state index in [0.717, 1.165) is 43.4 Å². The molecule has 10 unspecified atom stereocenters. The van der Waals surface area contributed by atoms with Crippen LogP contribution in [0.4, 0.5) is 8.78 Å². The van der Waals surface area contributed by atoms with E-state index in [4.69, 9.17) is 4.74 Å². The molecule has 204 valence electrons. The number of halogens is 2. The fraction of sp³-hybridized carbons (Fsp3) is 0.677. The van der Waals surface area contributed by atoms with Crippen molar-refractivity contribution in [1.82, 2.24) is 5.32 Å². The molecule has 3 N–H and O–H groups in total. The first kappa shape index (κ1) is 27.0. The highest BCUT2D eigenvalue weighted by molar-refractivity contribution is 5.39. The third-order valence-electron chi connectivity index (χ3n) is 10.7. The van der Waals surface area contributed by atoms with E-state index in [9.17, 15) is 14.6 Å². The molecule has 6 heteroatoms. The SMILES string of the molecule is COC(NCCCc1ccc(F)cc1)C1C(C)CC2C3CCC4=CC(O)C=CC4(C)C3(F)C(O)CC21C. The lowest BCUT2D eigenvalue weighted by atomic mass is 9.45. The van der Waals surface area contributed by atoms with Crippen molar-refractivity contribution < 1.29 is 23.7 Å². The van der Waals surface area contributed by atoms with E-state index in [1.807, 2.05) is 25.1 Å². The highest BCUT2D eigenvalue weighted by atomic mass is 19.1. The number of aliphatic hydroxyl groups excluding tert-OH is 2. The summed E-state index contributed by atoms with van der Waals surface area (Å²) in [6.07, 6.45) is 7.85. The molecule has 4 aliphatic rings. The first-order valence-corrected chi connectivity index (χ1v) is 14.0. The third-order valence-corrected chi connectivity index (χ3v) is 10.7. The van der Waals surface area contributed by atoms with E-state index in [2.05, 4.69) is 19.2 Å². The molecule has 0 aliphatic heterocycles. The van der Waals surface area contributed by atoms with Crippen molar-refractivity contribution in [3.05, 3.63) is 59.4 Å². The molecular formula is C31H43F2NO3. The number of ether oxygens (including phenoxy) is 1. The van der Waals surface area contributed by atoms with Crippen molar-refractivity contribution in [2.45, 2.75) is 83.4 Å². The molecule has 37 heavy (non-hydrogen) atoms. The van der Waals surface area contributed by atoms with Gasteiger partial charge in [0.1, 0.15) is 12.0 Å². The average molecular weight is 516 g/mol. The van der Waals surface area contributed by atoms with Crippen LogP contribution in [0.1, 0.15) is 58.4 Å². The standard InChI is InChI=1S/C31H43F2NO3/c1-19-16-25-24-12-9-21-17-23(35)13-14-30(21,3)31(24,33)26(36)18-29(25,2)27(19)28(37-4)34-15-5-6-20-7-10-22(32)11-8-20/h7-8,10-11,13-14,17,19,23-28,34-36H,5-6,9,12,15-16,18H2,1-4H3. The highest BCUT2D eigenvalue weighted by Gasteiger charge is 2.71. The van der Waals surface area contributed by atoms with Gasteiger partial charge in [0.15, 0.2) is 5.67 Å². The van der Waals surface area contributed by atoms with Gasteiger partial charge in [-0.3, -0.25) is 5.32 Å². The molecule has 0 amide bonds. The van der Waals surface area contributed by atoms with Gasteiger partial charge in [0.25, 0.3) is 0 Å². The topological polar surface area (TPSA) is 61.7 Å². The van der Waals surface area contributed by atoms with Crippen LogP contribution in [0.3, 0.4) is 0 Å². The average Bonchev–Trinajstić information content (AvgIpc) is 3.11. The second-order valence-corrected chi connectivity index (χ2v) is 12.6. The Morgan fingerprint density at radius 1 is 1.16 bits per heavy atom. The Kier molecular flexibility index (Phi) is 7.19. The quantitative estimate of drug-likeness (QED) is 0.260. The van der Waals surface area contributed by atoms with Crippen LogP contribution < -0.4 is 5.32 Å². The molecule has 0 spiro atoms. The van der Waals surface area contributed by atoms with Gasteiger partial charge in [0.05, 0.1) is 12.2 Å². The van der Waals surface area contributed by atoms with Gasteiger partial charge in [-0.1, -0.05) is 49.8 Å². The predicted octanol–water partition coefficient (Wildman–Crippen LogP) is 5.35. The van der Waals surface area contributed by atoms with Crippen molar-refractivity contribution in [1.29, 1.82) is 0 Å². The number of aliphatic hydroxyl groups is 2. The molecule has 1 aromatic carbocycles. The first-order chi connectivity index (χ1) is 17.5. The number of methoxy groups -OCH3 is 1. The van der Waals surface area contributed by atoms with Crippen LogP contribution in [-0.4, -0.2) is 48.0 Å². The molecule has 3 fully saturated rings. The number of allylic oxidation sites excluding steroid dienone is 2. The molecule has 0 aromatic heterocycles. The van der Waals surface area contributed by atoms with E-state index in [1.165, 1.54) is 12.1 Å². The summed E-state index contributed by atoms with van der Waals surface area (Å²) in [6.45, 7) is 7.17. The molecule has 4 nitrogen and oxygen atoms in total. The normalized spacial score (nSPS) is 43.5. The molecule has 0 bridgehead atoms. The lowest BCUT2D eigenvalue weighted by Crippen LogP contribution is -2.67. The Balaban J connectivity index is 1.33. The van der Waals surface area contributed by atoms with Crippen LogP contribution in [0.2, 0.25) is 0 Å². The minimum absolute atomic E-state index is 0.151. The van der Waals surface area contributed by atoms with Crippen molar-refractivity contribution in [2.24, 2.45) is 34.5 Å². The Bertz CT molecular complexity index is 1040. The minimum Gasteiger partial charge on any atom is -0.390 e. The summed E-state index contributed by atoms with van der Waals surface area (Å²) in [5, 5.41) is 25.3. The molecule has 3 saturated carbocycles. The van der Waals surface area contributed by atoms with Crippen LogP contribution in [0.25, 0.3) is 0 Å². The Morgan fingerprint density at radius 3 is 2.59 bits per heavy atom. The zero-order chi connectivity index (χ0) is 26.6. The van der Waals surface area contributed by atoms with E-state index < -0.39 is 23.3 Å². The van der Waals surface area contributed by atoms with Crippen LogP contribution >= 0.6 is 0 Å². The number of rotatable bonds is 7. The summed E-state index contributed by atoms with van der Waals surface area (Å²) < 4.78 is 36.6.